The predicted molar refractivity (Wildman–Crippen MR) is 258 cm³/mol. The van der Waals surface area contributed by atoms with Crippen LogP contribution in [-0.2, 0) is 35.8 Å². The van der Waals surface area contributed by atoms with Gasteiger partial charge in [-0.25, -0.2) is 24.0 Å². The number of nitrogens with two attached hydrogens (primary N) is 2. The third-order valence-electron chi connectivity index (χ3n) is 12.3. The minimum atomic E-state index is -5.08. The SMILES string of the molecule is C[C@]1(C(=O)NCCCNCCCCCCCCN)CCC[C@]2(C)c3cc(OC(=O)NCCCNCCCCCCCCN)ccc3CC[C@@H]12.O=C(O)C(F)(F)F.O=C(O)C(F)(F)F.O=C(O)C(F)(F)F.O=C(O)C(F)(F)F. The molecule has 29 heteroatoms. The van der Waals surface area contributed by atoms with E-state index in [1.165, 1.54) is 75.3 Å². The lowest BCUT2D eigenvalue weighted by Crippen LogP contribution is -2.55. The van der Waals surface area contributed by atoms with Crippen molar-refractivity contribution < 1.29 is 107 Å². The molecule has 0 aromatic heterocycles. The molecule has 3 rings (SSSR count). The van der Waals surface area contributed by atoms with E-state index in [2.05, 4.69) is 47.2 Å². The summed E-state index contributed by atoms with van der Waals surface area (Å²) in [6.07, 6.45) is 0.819. The van der Waals surface area contributed by atoms with Crippen LogP contribution in [0.3, 0.4) is 0 Å². The van der Waals surface area contributed by atoms with E-state index in [-0.39, 0.29) is 17.2 Å². The average Bonchev–Trinajstić information content (AvgIpc) is 3.31. The average molecular weight is 1140 g/mol. The Bertz CT molecular complexity index is 1800. The minimum absolute atomic E-state index is 0.129. The van der Waals surface area contributed by atoms with E-state index in [9.17, 15) is 62.3 Å². The molecule has 448 valence electrons. The van der Waals surface area contributed by atoms with Crippen molar-refractivity contribution in [1.29, 1.82) is 0 Å². The van der Waals surface area contributed by atoms with E-state index in [0.717, 1.165) is 97.1 Å². The number of ether oxygens (including phenoxy) is 1. The molecule has 3 atom stereocenters. The molecule has 0 spiro atoms. The van der Waals surface area contributed by atoms with Gasteiger partial charge in [-0.05, 0) is 138 Å². The number of halogens is 12. The number of alkyl halides is 12. The molecule has 0 bridgehead atoms. The normalized spacial score (nSPS) is 17.8. The van der Waals surface area contributed by atoms with Crippen molar-refractivity contribution in [2.24, 2.45) is 22.8 Å². The minimum Gasteiger partial charge on any atom is -0.475 e. The third-order valence-corrected chi connectivity index (χ3v) is 12.3. The first-order valence-electron chi connectivity index (χ1n) is 25.0. The fourth-order valence-corrected chi connectivity index (χ4v) is 8.39. The van der Waals surface area contributed by atoms with Crippen molar-refractivity contribution in [3.05, 3.63) is 29.3 Å². The van der Waals surface area contributed by atoms with Crippen LogP contribution in [0.1, 0.15) is 141 Å². The molecule has 0 radical (unpaired) electrons. The Balaban J connectivity index is 0. The lowest BCUT2D eigenvalue weighted by atomic mass is 9.49. The van der Waals surface area contributed by atoms with Gasteiger partial charge in [0.25, 0.3) is 0 Å². The quantitative estimate of drug-likeness (QED) is 0.0306. The molecule has 2 aliphatic carbocycles. The molecule has 0 heterocycles. The van der Waals surface area contributed by atoms with Gasteiger partial charge < -0.3 is 57.9 Å². The fraction of sp³-hybridized carbons (Fsp3) is 0.750. The van der Waals surface area contributed by atoms with E-state index in [1.807, 2.05) is 6.07 Å². The summed E-state index contributed by atoms with van der Waals surface area (Å²) in [5.41, 5.74) is 13.2. The standard InChI is InChI=1S/C40H72N6O3.4C2HF3O2/c1-39-22-15-23-40(2,37(47)45-30-16-28-43-26-13-9-5-3-7-11-24-41)36(39)21-19-33-18-20-34(32-35(33)39)49-38(48)46-31-17-29-44-27-14-10-6-4-8-12-25-42;4*3-2(4,5)1(6)7/h18,20,32,36,43-44H,3-17,19,21-31,41-42H2,1-2H3,(H,45,47)(H,46,48);4*(H,6,7)/t36-,39-,40+;;;;/m1..../s1. The van der Waals surface area contributed by atoms with Crippen molar-refractivity contribution in [3.8, 4) is 5.75 Å². The summed E-state index contributed by atoms with van der Waals surface area (Å²) in [6, 6.07) is 6.13. The van der Waals surface area contributed by atoms with Gasteiger partial charge >= 0.3 is 54.7 Å². The summed E-state index contributed by atoms with van der Waals surface area (Å²) in [4.78, 5) is 62.0. The van der Waals surface area contributed by atoms with Gasteiger partial charge in [-0.15, -0.1) is 0 Å². The van der Waals surface area contributed by atoms with Crippen LogP contribution in [0.5, 0.6) is 5.75 Å². The summed E-state index contributed by atoms with van der Waals surface area (Å²) in [5, 5.41) is 41.7. The number of unbranched alkanes of at least 4 members (excludes halogenated alkanes) is 10. The monoisotopic (exact) mass is 1140 g/mol. The number of amides is 2. The highest BCUT2D eigenvalue weighted by atomic mass is 19.4. The number of carboxylic acid groups (broad SMARTS) is 4. The first kappa shape index (κ1) is 73.9. The first-order valence-corrected chi connectivity index (χ1v) is 25.0. The summed E-state index contributed by atoms with van der Waals surface area (Å²) in [6.45, 7) is 11.3. The third kappa shape index (κ3) is 33.0. The molecule has 1 saturated carbocycles. The molecule has 12 N–H and O–H groups in total. The Hall–Kier alpha value is -5.16. The van der Waals surface area contributed by atoms with Crippen LogP contribution in [0.2, 0.25) is 0 Å². The molecule has 0 saturated heterocycles. The van der Waals surface area contributed by atoms with Gasteiger partial charge in [-0.3, -0.25) is 4.79 Å². The lowest BCUT2D eigenvalue weighted by molar-refractivity contribution is -0.193. The summed E-state index contributed by atoms with van der Waals surface area (Å²) >= 11 is 0. The largest absolute Gasteiger partial charge is 0.490 e. The number of aliphatic carboxylic acids is 4. The molecular formula is C48H76F12N6O11. The van der Waals surface area contributed by atoms with E-state index in [4.69, 9.17) is 55.8 Å². The van der Waals surface area contributed by atoms with Gasteiger partial charge in [0, 0.05) is 13.1 Å². The number of nitrogens with one attached hydrogen (secondary N) is 4. The number of rotatable bonds is 26. The highest BCUT2D eigenvalue weighted by Gasteiger charge is 2.55. The van der Waals surface area contributed by atoms with E-state index < -0.39 is 60.1 Å². The number of benzene rings is 1. The molecule has 0 unspecified atom stereocenters. The van der Waals surface area contributed by atoms with Gasteiger partial charge in [0.1, 0.15) is 5.75 Å². The topological polar surface area (TPSA) is 293 Å². The Kier molecular flexibility index (Phi) is 36.1. The van der Waals surface area contributed by atoms with Gasteiger partial charge in [-0.2, -0.15) is 52.7 Å². The number of fused-ring (bicyclic) bond motifs is 3. The summed E-state index contributed by atoms with van der Waals surface area (Å²) in [7, 11) is 0. The van der Waals surface area contributed by atoms with Gasteiger partial charge in [-0.1, -0.05) is 77.7 Å². The Morgan fingerprint density at radius 3 is 1.30 bits per heavy atom. The maximum atomic E-state index is 13.8. The van der Waals surface area contributed by atoms with Crippen molar-refractivity contribution in [2.45, 2.75) is 166 Å². The number of aryl methyl sites for hydroxylation is 1. The number of hydrogen-bond donors (Lipinski definition) is 10. The predicted octanol–water partition coefficient (Wildman–Crippen LogP) is 8.99. The zero-order chi connectivity index (χ0) is 59.5. The number of carbonyl (C=O) groups excluding carboxylic acids is 2. The summed E-state index contributed by atoms with van der Waals surface area (Å²) < 4.78 is 133. The van der Waals surface area contributed by atoms with Crippen LogP contribution < -0.4 is 37.5 Å². The molecule has 0 aliphatic heterocycles. The van der Waals surface area contributed by atoms with E-state index in [1.54, 1.807) is 0 Å². The van der Waals surface area contributed by atoms with Crippen molar-refractivity contribution >= 4 is 35.9 Å². The van der Waals surface area contributed by atoms with Crippen LogP contribution >= 0.6 is 0 Å². The second kappa shape index (κ2) is 37.6. The molecule has 1 aromatic carbocycles. The second-order valence-electron chi connectivity index (χ2n) is 18.4. The molecule has 77 heavy (non-hydrogen) atoms. The van der Waals surface area contributed by atoms with Gasteiger partial charge in [0.15, 0.2) is 0 Å². The van der Waals surface area contributed by atoms with Crippen LogP contribution in [0.25, 0.3) is 0 Å². The van der Waals surface area contributed by atoms with Crippen LogP contribution in [0.4, 0.5) is 57.5 Å². The second-order valence-corrected chi connectivity index (χ2v) is 18.4. The van der Waals surface area contributed by atoms with Gasteiger partial charge in [0.05, 0.1) is 5.41 Å². The zero-order valence-electron chi connectivity index (χ0n) is 43.2. The smallest absolute Gasteiger partial charge is 0.475 e. The highest BCUT2D eigenvalue weighted by molar-refractivity contribution is 5.83. The first-order chi connectivity index (χ1) is 35.6. The zero-order valence-corrected chi connectivity index (χ0v) is 43.2. The van der Waals surface area contributed by atoms with Gasteiger partial charge in [0.2, 0.25) is 5.91 Å². The molecule has 17 nitrogen and oxygen atoms in total. The molecule has 1 fully saturated rings. The molecule has 1 aromatic rings. The Labute approximate surface area is 439 Å². The highest BCUT2D eigenvalue weighted by Crippen LogP contribution is 2.57. The number of hydrogen-bond acceptors (Lipinski definition) is 11. The Morgan fingerprint density at radius 2 is 0.909 bits per heavy atom. The van der Waals surface area contributed by atoms with E-state index >= 15 is 0 Å². The van der Waals surface area contributed by atoms with Crippen LogP contribution in [0.15, 0.2) is 18.2 Å². The van der Waals surface area contributed by atoms with Crippen LogP contribution in [-0.4, -0.2) is 133 Å². The van der Waals surface area contributed by atoms with Crippen molar-refractivity contribution in [1.82, 2.24) is 21.3 Å². The molecule has 2 aliphatic rings. The maximum absolute atomic E-state index is 13.8. The number of carbonyl (C=O) groups is 6. The fourth-order valence-electron chi connectivity index (χ4n) is 8.39. The van der Waals surface area contributed by atoms with Crippen molar-refractivity contribution in [3.63, 3.8) is 0 Å². The van der Waals surface area contributed by atoms with E-state index in [0.29, 0.717) is 18.8 Å². The number of carboxylic acids is 4. The molecular weight excluding hydrogens is 1060 g/mol. The Morgan fingerprint density at radius 1 is 0.545 bits per heavy atom. The summed E-state index contributed by atoms with van der Waals surface area (Å²) in [5.74, 6) is -10.0. The maximum Gasteiger partial charge on any atom is 0.490 e. The van der Waals surface area contributed by atoms with Crippen LogP contribution in [0, 0.1) is 11.3 Å². The lowest BCUT2D eigenvalue weighted by Gasteiger charge is -2.54. The molecule has 2 amide bonds. The van der Waals surface area contributed by atoms with Crippen molar-refractivity contribution in [2.75, 3.05) is 52.4 Å².